The van der Waals surface area contributed by atoms with Crippen molar-refractivity contribution in [3.63, 3.8) is 0 Å². The van der Waals surface area contributed by atoms with Crippen LogP contribution < -0.4 is 10.1 Å². The summed E-state index contributed by atoms with van der Waals surface area (Å²) in [6.45, 7) is 3.14. The molecule has 1 N–H and O–H groups in total. The van der Waals surface area contributed by atoms with Crippen LogP contribution in [0.5, 0.6) is 11.5 Å². The minimum Gasteiger partial charge on any atom is -0.457 e. The maximum Gasteiger partial charge on any atom is 0.308 e. The molecule has 0 atom stereocenters. The monoisotopic (exact) mass is 313 g/mol. The number of rotatable bonds is 6. The van der Waals surface area contributed by atoms with Gasteiger partial charge >= 0.3 is 5.97 Å². The van der Waals surface area contributed by atoms with Crippen molar-refractivity contribution < 1.29 is 19.1 Å². The Balaban J connectivity index is 1.85. The van der Waals surface area contributed by atoms with Gasteiger partial charge in [0.1, 0.15) is 11.5 Å². The number of amides is 1. The van der Waals surface area contributed by atoms with E-state index in [1.807, 2.05) is 30.3 Å². The molecule has 2 aromatic carbocycles. The summed E-state index contributed by atoms with van der Waals surface area (Å²) in [7, 11) is 0. The number of anilines is 1. The second-order valence-electron chi connectivity index (χ2n) is 5.25. The number of ether oxygens (including phenoxy) is 2. The van der Waals surface area contributed by atoms with Gasteiger partial charge in [-0.3, -0.25) is 9.59 Å². The Morgan fingerprint density at radius 3 is 2.17 bits per heavy atom. The lowest BCUT2D eigenvalue weighted by Gasteiger charge is -2.09. The Morgan fingerprint density at radius 1 is 0.957 bits per heavy atom. The lowest BCUT2D eigenvalue weighted by atomic mass is 10.2. The predicted molar refractivity (Wildman–Crippen MR) is 87.4 cm³/mol. The van der Waals surface area contributed by atoms with Crippen molar-refractivity contribution in [2.24, 2.45) is 5.92 Å². The van der Waals surface area contributed by atoms with Gasteiger partial charge in [0.25, 0.3) is 5.91 Å². The van der Waals surface area contributed by atoms with Gasteiger partial charge in [0.05, 0.1) is 5.92 Å². The molecule has 0 saturated carbocycles. The largest absolute Gasteiger partial charge is 0.457 e. The van der Waals surface area contributed by atoms with E-state index in [1.54, 1.807) is 38.1 Å². The molecule has 2 aromatic rings. The van der Waals surface area contributed by atoms with E-state index in [4.69, 9.17) is 9.47 Å². The van der Waals surface area contributed by atoms with E-state index in [1.165, 1.54) is 0 Å². The molecule has 0 saturated heterocycles. The second kappa shape index (κ2) is 7.98. The maximum absolute atomic E-state index is 11.7. The molecule has 0 radical (unpaired) electrons. The van der Waals surface area contributed by atoms with Crippen molar-refractivity contribution in [2.45, 2.75) is 13.8 Å². The Hall–Kier alpha value is -2.82. The number of carbonyl (C=O) groups excluding carboxylic acids is 2. The zero-order valence-electron chi connectivity index (χ0n) is 13.1. The molecule has 1 amide bonds. The van der Waals surface area contributed by atoms with E-state index in [9.17, 15) is 9.59 Å². The minimum absolute atomic E-state index is 0.253. The Kier molecular flexibility index (Phi) is 5.74. The highest BCUT2D eigenvalue weighted by atomic mass is 16.5. The summed E-state index contributed by atoms with van der Waals surface area (Å²) >= 11 is 0. The number of hydrogen-bond acceptors (Lipinski definition) is 4. The first-order chi connectivity index (χ1) is 11.0. The number of esters is 1. The first kappa shape index (κ1) is 16.5. The van der Waals surface area contributed by atoms with Gasteiger partial charge in [0.15, 0.2) is 6.61 Å². The van der Waals surface area contributed by atoms with Crippen molar-refractivity contribution >= 4 is 17.6 Å². The van der Waals surface area contributed by atoms with Gasteiger partial charge in [-0.05, 0) is 36.4 Å². The van der Waals surface area contributed by atoms with Crippen LogP contribution in [0, 0.1) is 5.92 Å². The Labute approximate surface area is 135 Å². The van der Waals surface area contributed by atoms with Crippen LogP contribution in [0.15, 0.2) is 54.6 Å². The van der Waals surface area contributed by atoms with Crippen LogP contribution >= 0.6 is 0 Å². The third kappa shape index (κ3) is 5.47. The van der Waals surface area contributed by atoms with E-state index in [-0.39, 0.29) is 18.4 Å². The third-order valence-electron chi connectivity index (χ3n) is 2.93. The van der Waals surface area contributed by atoms with Gasteiger partial charge < -0.3 is 14.8 Å². The number of para-hydroxylation sites is 1. The molecule has 5 heteroatoms. The quantitative estimate of drug-likeness (QED) is 0.827. The number of benzene rings is 2. The average Bonchev–Trinajstić information content (AvgIpc) is 2.55. The molecule has 0 aliphatic carbocycles. The average molecular weight is 313 g/mol. The lowest BCUT2D eigenvalue weighted by molar-refractivity contribution is -0.150. The van der Waals surface area contributed by atoms with Gasteiger partial charge in [-0.1, -0.05) is 32.0 Å². The molecule has 23 heavy (non-hydrogen) atoms. The van der Waals surface area contributed by atoms with Gasteiger partial charge in [0.2, 0.25) is 0 Å². The summed E-state index contributed by atoms with van der Waals surface area (Å²) in [5, 5.41) is 2.66. The van der Waals surface area contributed by atoms with Crippen molar-refractivity contribution in [3.05, 3.63) is 54.6 Å². The zero-order chi connectivity index (χ0) is 16.7. The molecular formula is C18H19NO4. The van der Waals surface area contributed by atoms with Crippen LogP contribution in [-0.2, 0) is 14.3 Å². The molecule has 0 spiro atoms. The highest BCUT2D eigenvalue weighted by Crippen LogP contribution is 2.22. The molecule has 0 fully saturated rings. The fourth-order valence-corrected chi connectivity index (χ4v) is 1.73. The number of carbonyl (C=O) groups is 2. The van der Waals surface area contributed by atoms with Crippen LogP contribution in [0.3, 0.4) is 0 Å². The topological polar surface area (TPSA) is 64.6 Å². The van der Waals surface area contributed by atoms with Crippen LogP contribution in [0.2, 0.25) is 0 Å². The van der Waals surface area contributed by atoms with E-state index in [2.05, 4.69) is 5.32 Å². The van der Waals surface area contributed by atoms with Crippen LogP contribution in [-0.4, -0.2) is 18.5 Å². The zero-order valence-corrected chi connectivity index (χ0v) is 13.1. The smallest absolute Gasteiger partial charge is 0.308 e. The predicted octanol–water partition coefficient (Wildman–Crippen LogP) is 3.62. The summed E-state index contributed by atoms with van der Waals surface area (Å²) in [4.78, 5) is 23.0. The third-order valence-corrected chi connectivity index (χ3v) is 2.93. The van der Waals surface area contributed by atoms with Crippen molar-refractivity contribution in [2.75, 3.05) is 11.9 Å². The standard InChI is InChI=1S/C18H19NO4/c1-13(2)18(21)22-12-17(20)19-14-8-10-16(11-9-14)23-15-6-4-3-5-7-15/h3-11,13H,12H2,1-2H3,(H,19,20). The molecule has 0 aromatic heterocycles. The summed E-state index contributed by atoms with van der Waals surface area (Å²) in [5.74, 6) is 0.380. The first-order valence-corrected chi connectivity index (χ1v) is 7.34. The minimum atomic E-state index is -0.397. The number of nitrogens with one attached hydrogen (secondary N) is 1. The molecule has 5 nitrogen and oxygen atoms in total. The SMILES string of the molecule is CC(C)C(=O)OCC(=O)Nc1ccc(Oc2ccccc2)cc1. The highest BCUT2D eigenvalue weighted by Gasteiger charge is 2.11. The van der Waals surface area contributed by atoms with Crippen LogP contribution in [0.1, 0.15) is 13.8 Å². The van der Waals surface area contributed by atoms with Crippen LogP contribution in [0.4, 0.5) is 5.69 Å². The fraction of sp³-hybridized carbons (Fsp3) is 0.222. The van der Waals surface area contributed by atoms with Crippen molar-refractivity contribution in [3.8, 4) is 11.5 Å². The summed E-state index contributed by atoms with van der Waals surface area (Å²) in [5.41, 5.74) is 0.607. The Morgan fingerprint density at radius 2 is 1.57 bits per heavy atom. The molecule has 0 unspecified atom stereocenters. The molecular weight excluding hydrogens is 294 g/mol. The van der Waals surface area contributed by atoms with E-state index >= 15 is 0 Å². The maximum atomic E-state index is 11.7. The van der Waals surface area contributed by atoms with Gasteiger partial charge in [-0.2, -0.15) is 0 Å². The fourth-order valence-electron chi connectivity index (χ4n) is 1.73. The summed E-state index contributed by atoms with van der Waals surface area (Å²) in [6.07, 6.45) is 0. The molecule has 120 valence electrons. The van der Waals surface area contributed by atoms with E-state index < -0.39 is 5.97 Å². The molecule has 0 bridgehead atoms. The lowest BCUT2D eigenvalue weighted by Crippen LogP contribution is -2.22. The summed E-state index contributed by atoms with van der Waals surface area (Å²) < 4.78 is 10.5. The molecule has 0 aliphatic heterocycles. The first-order valence-electron chi connectivity index (χ1n) is 7.34. The highest BCUT2D eigenvalue weighted by molar-refractivity contribution is 5.92. The molecule has 0 heterocycles. The molecule has 0 aliphatic rings. The Bertz CT molecular complexity index is 650. The van der Waals surface area contributed by atoms with Gasteiger partial charge in [-0.25, -0.2) is 0 Å². The molecule has 2 rings (SSSR count). The van der Waals surface area contributed by atoms with Crippen molar-refractivity contribution in [1.29, 1.82) is 0 Å². The normalized spacial score (nSPS) is 10.2. The number of hydrogen-bond donors (Lipinski definition) is 1. The second-order valence-corrected chi connectivity index (χ2v) is 5.25. The summed E-state index contributed by atoms with van der Waals surface area (Å²) in [6, 6.07) is 16.4. The van der Waals surface area contributed by atoms with Gasteiger partial charge in [-0.15, -0.1) is 0 Å². The van der Waals surface area contributed by atoms with Crippen LogP contribution in [0.25, 0.3) is 0 Å². The van der Waals surface area contributed by atoms with E-state index in [0.29, 0.717) is 11.4 Å². The van der Waals surface area contributed by atoms with E-state index in [0.717, 1.165) is 5.75 Å². The van der Waals surface area contributed by atoms with Gasteiger partial charge in [0, 0.05) is 5.69 Å². The van der Waals surface area contributed by atoms with Crippen molar-refractivity contribution in [1.82, 2.24) is 0 Å².